The van der Waals surface area contributed by atoms with Crippen LogP contribution in [0.2, 0.25) is 0 Å². The van der Waals surface area contributed by atoms with Crippen molar-refractivity contribution < 1.29 is 33.8 Å². The number of carbonyl (C=O) groups excluding carboxylic acids is 4. The van der Waals surface area contributed by atoms with Crippen molar-refractivity contribution in [3.8, 4) is 33.5 Å². The number of aldehydes is 1. The molecule has 63 heavy (non-hydrogen) atoms. The van der Waals surface area contributed by atoms with Crippen LogP contribution in [0.1, 0.15) is 101 Å². The molecule has 3 aromatic carbocycles. The zero-order valence-corrected chi connectivity index (χ0v) is 37.9. The minimum absolute atomic E-state index is 0.202. The lowest BCUT2D eigenvalue weighted by atomic mass is 9.83. The number of unbranched alkanes of at least 4 members (excludes halogenated alkanes) is 1. The summed E-state index contributed by atoms with van der Waals surface area (Å²) in [5.74, 6) is 2.91. The number of fused-ring (bicyclic) bond motifs is 6. The normalized spacial score (nSPS) is 16.5. The fraction of sp³-hybridized carbons (Fsp3) is 0.458. The number of amides is 3. The second-order valence-corrected chi connectivity index (χ2v) is 15.7. The number of hydrogen-bond acceptors (Lipinski definition) is 10. The largest absolute Gasteiger partial charge is 0.453 e. The van der Waals surface area contributed by atoms with E-state index in [1.165, 1.54) is 66.9 Å². The van der Waals surface area contributed by atoms with Gasteiger partial charge >= 0.3 is 12.2 Å². The maximum atomic E-state index is 12.6. The van der Waals surface area contributed by atoms with E-state index in [1.807, 2.05) is 18.0 Å². The number of nitrogens with zero attached hydrogens (tertiary/aromatic N) is 4. The van der Waals surface area contributed by atoms with Crippen LogP contribution in [0, 0.1) is 5.92 Å². The Balaban J connectivity index is 0.000000441. The van der Waals surface area contributed by atoms with Crippen LogP contribution in [-0.4, -0.2) is 100 Å². The smallest absolute Gasteiger partial charge is 0.404 e. The summed E-state index contributed by atoms with van der Waals surface area (Å²) in [4.78, 5) is 62.1. The second-order valence-electron chi connectivity index (χ2n) is 15.7. The number of nitrogens with one attached hydrogen (secondary N) is 2. The monoisotopic (exact) mass is 867 g/mol. The molecule has 7 N–H and O–H groups in total. The molecule has 340 valence electrons. The van der Waals surface area contributed by atoms with E-state index in [4.69, 9.17) is 10.1 Å². The average Bonchev–Trinajstić information content (AvgIpc) is 4.12. The van der Waals surface area contributed by atoms with Gasteiger partial charge in [-0.05, 0) is 121 Å². The van der Waals surface area contributed by atoms with E-state index < -0.39 is 12.2 Å². The Morgan fingerprint density at radius 1 is 0.857 bits per heavy atom. The van der Waals surface area contributed by atoms with Crippen molar-refractivity contribution in [1.82, 2.24) is 29.7 Å². The summed E-state index contributed by atoms with van der Waals surface area (Å²) < 4.78 is 7.78. The van der Waals surface area contributed by atoms with Crippen molar-refractivity contribution in [3.05, 3.63) is 83.6 Å². The molecule has 8 rings (SSSR count). The van der Waals surface area contributed by atoms with Crippen LogP contribution in [0.5, 0.6) is 0 Å². The lowest BCUT2D eigenvalue weighted by Gasteiger charge is -2.30. The third kappa shape index (κ3) is 13.0. The van der Waals surface area contributed by atoms with E-state index in [0.29, 0.717) is 25.4 Å². The van der Waals surface area contributed by atoms with Gasteiger partial charge < -0.3 is 45.7 Å². The highest BCUT2D eigenvalue weighted by Crippen LogP contribution is 2.48. The molecule has 3 unspecified atom stereocenters. The Labute approximate surface area is 371 Å². The number of methoxy groups -OCH3 is 2. The highest BCUT2D eigenvalue weighted by molar-refractivity contribution is 5.84. The molecule has 5 aromatic rings. The summed E-state index contributed by atoms with van der Waals surface area (Å²) in [7, 11) is 5.72. The molecule has 1 saturated carbocycles. The van der Waals surface area contributed by atoms with Gasteiger partial charge in [0.1, 0.15) is 17.9 Å². The van der Waals surface area contributed by atoms with Gasteiger partial charge in [0.05, 0.1) is 49.7 Å². The molecule has 3 amide bonds. The number of aliphatic hydroxyl groups excluding tert-OH is 1. The molecule has 15 heteroatoms. The molecule has 15 nitrogen and oxygen atoms in total. The van der Waals surface area contributed by atoms with Gasteiger partial charge in [0, 0.05) is 32.5 Å². The van der Waals surface area contributed by atoms with Gasteiger partial charge in [0.2, 0.25) is 5.91 Å². The van der Waals surface area contributed by atoms with Crippen molar-refractivity contribution >= 4 is 35.4 Å². The van der Waals surface area contributed by atoms with Crippen LogP contribution in [0.25, 0.3) is 44.5 Å². The number of ether oxygens (including phenoxy) is 2. The molecule has 0 spiro atoms. The maximum absolute atomic E-state index is 12.6. The van der Waals surface area contributed by atoms with Gasteiger partial charge in [-0.1, -0.05) is 57.2 Å². The Morgan fingerprint density at radius 3 is 2.00 bits per heavy atom. The zero-order chi connectivity index (χ0) is 46.1. The number of aryl methyl sites for hydroxylation is 2. The van der Waals surface area contributed by atoms with E-state index in [-0.39, 0.29) is 5.91 Å². The summed E-state index contributed by atoms with van der Waals surface area (Å²) in [5, 5.41) is 7.00. The first-order valence-corrected chi connectivity index (χ1v) is 21.8. The van der Waals surface area contributed by atoms with Gasteiger partial charge in [-0.25, -0.2) is 19.6 Å². The Bertz CT molecular complexity index is 2250. The fourth-order valence-corrected chi connectivity index (χ4v) is 8.54. The predicted octanol–water partition coefficient (Wildman–Crippen LogP) is 8.10. The van der Waals surface area contributed by atoms with Crippen LogP contribution >= 0.6 is 0 Å². The molecule has 2 aliphatic carbocycles. The molecule has 3 atom stereocenters. The summed E-state index contributed by atoms with van der Waals surface area (Å²) in [5.41, 5.74) is 21.1. The molecule has 1 saturated heterocycles. The number of piperidine rings is 1. The van der Waals surface area contributed by atoms with Gasteiger partial charge in [-0.15, -0.1) is 0 Å². The molecule has 3 heterocycles. The van der Waals surface area contributed by atoms with Gasteiger partial charge in [-0.2, -0.15) is 0 Å². The van der Waals surface area contributed by atoms with E-state index in [9.17, 15) is 19.2 Å². The summed E-state index contributed by atoms with van der Waals surface area (Å²) in [6, 6.07) is 21.6. The SMILES string of the molecule is CCCC(=O)N(CCC)Cc1ncc(-c2ccc3c(c2)CCc2cc(-c4ccc5nc(C6C7CCC(C7)N6C)[nH]c5c4)ccc2-3)[nH]1.CCCC=O.CO.COC(N)=O.COC(N)=O. The lowest BCUT2D eigenvalue weighted by Crippen LogP contribution is -2.31. The van der Waals surface area contributed by atoms with Gasteiger partial charge in [-0.3, -0.25) is 9.69 Å². The van der Waals surface area contributed by atoms with E-state index in [1.54, 1.807) is 0 Å². The molecular weight excluding hydrogens is 801 g/mol. The highest BCUT2D eigenvalue weighted by Gasteiger charge is 2.45. The number of nitrogens with two attached hydrogens (primary N) is 2. The summed E-state index contributed by atoms with van der Waals surface area (Å²) in [6.45, 7) is 7.43. The third-order valence-electron chi connectivity index (χ3n) is 11.6. The number of carbonyl (C=O) groups is 4. The number of rotatable bonds is 11. The van der Waals surface area contributed by atoms with Crippen molar-refractivity contribution in [2.45, 2.75) is 104 Å². The molecule has 0 radical (unpaired) electrons. The zero-order valence-electron chi connectivity index (χ0n) is 37.9. The van der Waals surface area contributed by atoms with Crippen LogP contribution in [0.3, 0.4) is 0 Å². The van der Waals surface area contributed by atoms with E-state index in [2.05, 4.69) is 116 Å². The van der Waals surface area contributed by atoms with Crippen LogP contribution < -0.4 is 11.5 Å². The van der Waals surface area contributed by atoms with Gasteiger partial charge in [0.25, 0.3) is 0 Å². The number of hydrogen-bond donors (Lipinski definition) is 5. The molecule has 2 fully saturated rings. The second kappa shape index (κ2) is 24.5. The maximum Gasteiger partial charge on any atom is 0.404 e. The quantitative estimate of drug-likeness (QED) is 0.0803. The van der Waals surface area contributed by atoms with Crippen molar-refractivity contribution in [2.75, 3.05) is 34.9 Å². The predicted molar refractivity (Wildman–Crippen MR) is 247 cm³/mol. The molecule has 2 aromatic heterocycles. The van der Waals surface area contributed by atoms with Gasteiger partial charge in [0.15, 0.2) is 0 Å². The van der Waals surface area contributed by atoms with E-state index >= 15 is 0 Å². The first kappa shape index (κ1) is 49.6. The molecule has 2 bridgehead atoms. The number of aromatic amines is 2. The number of likely N-dealkylation sites (tertiary alicyclic amines) is 1. The fourth-order valence-electron chi connectivity index (χ4n) is 8.54. The van der Waals surface area contributed by atoms with Crippen LogP contribution in [-0.2, 0) is 38.4 Å². The molecule has 3 aliphatic rings. The summed E-state index contributed by atoms with van der Waals surface area (Å²) in [6.07, 6.45) is 11.4. The number of primary amides is 2. The van der Waals surface area contributed by atoms with Crippen molar-refractivity contribution in [1.29, 1.82) is 0 Å². The number of aliphatic hydroxyl groups is 1. The number of imidazole rings is 2. The number of H-pyrrole nitrogens is 2. The van der Waals surface area contributed by atoms with Crippen molar-refractivity contribution in [2.24, 2.45) is 17.4 Å². The third-order valence-corrected chi connectivity index (χ3v) is 11.6. The minimum Gasteiger partial charge on any atom is -0.453 e. The Hall–Kier alpha value is -6.06. The standard InChI is InChI=1S/C39H44N6O.C4H8O.2C2H5NO2.CH4O/c1-4-6-37(46)45(17-5-2)23-36-40-22-35(41-36)28-11-15-32-27(19-28)8-7-26-18-24(10-14-31(26)32)25-12-16-33-34(21-25)43-39(42-33)38-29-9-13-30(20-29)44(38)3;1-2-3-4-5;2*1-5-2(3)4;1-2/h10-12,14-16,18-19,21-22,29-30,38H,4-9,13,17,20,23H2,1-3H3,(H,40,41)(H,42,43);4H,2-3H2,1H3;2*1H3,(H2,3,4);2H,1H3. The Kier molecular flexibility index (Phi) is 19.3. The Morgan fingerprint density at radius 2 is 1.46 bits per heavy atom. The summed E-state index contributed by atoms with van der Waals surface area (Å²) >= 11 is 0. The highest BCUT2D eigenvalue weighted by atomic mass is 16.5. The van der Waals surface area contributed by atoms with Crippen LogP contribution in [0.4, 0.5) is 9.59 Å². The van der Waals surface area contributed by atoms with E-state index in [0.717, 1.165) is 97.9 Å². The lowest BCUT2D eigenvalue weighted by molar-refractivity contribution is -0.132. The first-order chi connectivity index (χ1) is 30.4. The minimum atomic E-state index is -0.745. The average molecular weight is 867 g/mol. The molecule has 1 aliphatic heterocycles. The van der Waals surface area contributed by atoms with Crippen molar-refractivity contribution in [3.63, 3.8) is 0 Å². The number of benzene rings is 3. The van der Waals surface area contributed by atoms with Crippen LogP contribution in [0.15, 0.2) is 60.8 Å². The topological polar surface area (TPSA) is 223 Å². The first-order valence-electron chi connectivity index (χ1n) is 21.8. The number of aromatic nitrogens is 4. The molecular formula is C48H66N8O7.